The van der Waals surface area contributed by atoms with Crippen LogP contribution >= 0.6 is 0 Å². The van der Waals surface area contributed by atoms with Crippen molar-refractivity contribution in [3.05, 3.63) is 29.1 Å². The SMILES string of the molecule is Cc1nc(C(=O)N2CC(O)C(O)C2)ccc1C#N. The second-order valence-corrected chi connectivity index (χ2v) is 4.29. The van der Waals surface area contributed by atoms with E-state index in [-0.39, 0.29) is 24.7 Å². The zero-order chi connectivity index (χ0) is 13.3. The van der Waals surface area contributed by atoms with Crippen LogP contribution in [-0.2, 0) is 0 Å². The van der Waals surface area contributed by atoms with E-state index >= 15 is 0 Å². The first kappa shape index (κ1) is 12.5. The lowest BCUT2D eigenvalue weighted by molar-refractivity contribution is 0.0572. The van der Waals surface area contributed by atoms with Crippen LogP contribution in [0, 0.1) is 18.3 Å². The summed E-state index contributed by atoms with van der Waals surface area (Å²) in [5.74, 6) is -0.349. The van der Waals surface area contributed by atoms with Crippen LogP contribution in [0.15, 0.2) is 12.1 Å². The van der Waals surface area contributed by atoms with Gasteiger partial charge in [-0.25, -0.2) is 4.98 Å². The van der Waals surface area contributed by atoms with Crippen molar-refractivity contribution in [2.24, 2.45) is 0 Å². The zero-order valence-electron chi connectivity index (χ0n) is 9.87. The molecule has 0 aliphatic carbocycles. The molecule has 1 amide bonds. The number of nitrogens with zero attached hydrogens (tertiary/aromatic N) is 3. The first-order valence-corrected chi connectivity index (χ1v) is 5.56. The molecule has 2 rings (SSSR count). The van der Waals surface area contributed by atoms with Gasteiger partial charge in [0.2, 0.25) is 0 Å². The number of likely N-dealkylation sites (tertiary alicyclic amines) is 1. The minimum atomic E-state index is -0.909. The monoisotopic (exact) mass is 247 g/mol. The fraction of sp³-hybridized carbons (Fsp3) is 0.417. The van der Waals surface area contributed by atoms with Crippen LogP contribution in [0.5, 0.6) is 0 Å². The zero-order valence-corrected chi connectivity index (χ0v) is 9.87. The fourth-order valence-corrected chi connectivity index (χ4v) is 1.90. The van der Waals surface area contributed by atoms with E-state index in [0.29, 0.717) is 11.3 Å². The Morgan fingerprint density at radius 1 is 1.44 bits per heavy atom. The second-order valence-electron chi connectivity index (χ2n) is 4.29. The molecule has 6 heteroatoms. The number of rotatable bonds is 1. The number of aromatic nitrogens is 1. The average Bonchev–Trinajstić information content (AvgIpc) is 2.68. The fourth-order valence-electron chi connectivity index (χ4n) is 1.90. The number of hydrogen-bond acceptors (Lipinski definition) is 5. The van der Waals surface area contributed by atoms with Gasteiger partial charge in [0.25, 0.3) is 5.91 Å². The maximum absolute atomic E-state index is 12.0. The van der Waals surface area contributed by atoms with E-state index in [9.17, 15) is 15.0 Å². The summed E-state index contributed by atoms with van der Waals surface area (Å²) in [6.45, 7) is 1.85. The Balaban J connectivity index is 2.20. The number of aliphatic hydroxyl groups is 2. The summed E-state index contributed by atoms with van der Waals surface area (Å²) in [5, 5.41) is 27.6. The third kappa shape index (κ3) is 2.18. The van der Waals surface area contributed by atoms with Crippen molar-refractivity contribution in [3.8, 4) is 6.07 Å². The summed E-state index contributed by atoms with van der Waals surface area (Å²) in [6, 6.07) is 4.99. The molecule has 1 aromatic heterocycles. The van der Waals surface area contributed by atoms with E-state index in [0.717, 1.165) is 0 Å². The molecule has 1 aromatic rings. The van der Waals surface area contributed by atoms with E-state index in [1.807, 2.05) is 6.07 Å². The predicted molar refractivity (Wildman–Crippen MR) is 61.6 cm³/mol. The molecule has 1 saturated heterocycles. The molecule has 0 spiro atoms. The van der Waals surface area contributed by atoms with Crippen molar-refractivity contribution in [3.63, 3.8) is 0 Å². The predicted octanol–water partition coefficient (Wildman–Crippen LogP) is -0.561. The third-order valence-electron chi connectivity index (χ3n) is 2.97. The molecular weight excluding hydrogens is 234 g/mol. The van der Waals surface area contributed by atoms with Crippen molar-refractivity contribution >= 4 is 5.91 Å². The molecule has 6 nitrogen and oxygen atoms in total. The molecule has 94 valence electrons. The third-order valence-corrected chi connectivity index (χ3v) is 2.97. The van der Waals surface area contributed by atoms with Gasteiger partial charge in [-0.1, -0.05) is 0 Å². The van der Waals surface area contributed by atoms with Gasteiger partial charge >= 0.3 is 0 Å². The van der Waals surface area contributed by atoms with Crippen molar-refractivity contribution < 1.29 is 15.0 Å². The van der Waals surface area contributed by atoms with E-state index in [1.54, 1.807) is 13.0 Å². The molecule has 0 saturated carbocycles. The maximum atomic E-state index is 12.0. The van der Waals surface area contributed by atoms with E-state index in [1.165, 1.54) is 11.0 Å². The van der Waals surface area contributed by atoms with E-state index < -0.39 is 12.2 Å². The van der Waals surface area contributed by atoms with Gasteiger partial charge in [0.15, 0.2) is 0 Å². The van der Waals surface area contributed by atoms with Crippen molar-refractivity contribution in [1.82, 2.24) is 9.88 Å². The smallest absolute Gasteiger partial charge is 0.272 e. The van der Waals surface area contributed by atoms with Gasteiger partial charge in [0, 0.05) is 13.1 Å². The largest absolute Gasteiger partial charge is 0.388 e. The highest BCUT2D eigenvalue weighted by molar-refractivity contribution is 5.92. The summed E-state index contributed by atoms with van der Waals surface area (Å²) in [4.78, 5) is 17.5. The number of aliphatic hydroxyl groups excluding tert-OH is 2. The highest BCUT2D eigenvalue weighted by Crippen LogP contribution is 2.14. The van der Waals surface area contributed by atoms with Gasteiger partial charge in [-0.3, -0.25) is 4.79 Å². The maximum Gasteiger partial charge on any atom is 0.272 e. The molecule has 2 N–H and O–H groups in total. The minimum absolute atomic E-state index is 0.0979. The molecular formula is C12H13N3O3. The highest BCUT2D eigenvalue weighted by Gasteiger charge is 2.33. The molecule has 0 bridgehead atoms. The first-order valence-electron chi connectivity index (χ1n) is 5.56. The van der Waals surface area contributed by atoms with E-state index in [2.05, 4.69) is 4.98 Å². The van der Waals surface area contributed by atoms with Crippen LogP contribution < -0.4 is 0 Å². The van der Waals surface area contributed by atoms with Crippen molar-refractivity contribution in [2.45, 2.75) is 19.1 Å². The Morgan fingerprint density at radius 3 is 2.56 bits per heavy atom. The van der Waals surface area contributed by atoms with Crippen LogP contribution in [0.2, 0.25) is 0 Å². The number of carbonyl (C=O) groups excluding carboxylic acids is 1. The molecule has 1 aliphatic heterocycles. The Hall–Kier alpha value is -1.97. The van der Waals surface area contributed by atoms with Crippen LogP contribution in [0.4, 0.5) is 0 Å². The van der Waals surface area contributed by atoms with Crippen LogP contribution in [-0.4, -0.2) is 51.3 Å². The highest BCUT2D eigenvalue weighted by atomic mass is 16.3. The van der Waals surface area contributed by atoms with E-state index in [4.69, 9.17) is 5.26 Å². The number of pyridine rings is 1. The Kier molecular flexibility index (Phi) is 3.28. The number of nitriles is 1. The standard InChI is InChI=1S/C12H13N3O3/c1-7-8(4-13)2-3-9(14-7)12(18)15-5-10(16)11(17)6-15/h2-3,10-11,16-17H,5-6H2,1H3. The van der Waals surface area contributed by atoms with Crippen molar-refractivity contribution in [1.29, 1.82) is 5.26 Å². The number of hydrogen-bond donors (Lipinski definition) is 2. The molecule has 2 heterocycles. The van der Waals surface area contributed by atoms with Gasteiger partial charge < -0.3 is 15.1 Å². The number of β-amino-alcohol motifs (C(OH)–C–C–N with tert-alkyl or cyclic N) is 2. The first-order chi connectivity index (χ1) is 8.52. The topological polar surface area (TPSA) is 97.5 Å². The summed E-state index contributed by atoms with van der Waals surface area (Å²) < 4.78 is 0. The lowest BCUT2D eigenvalue weighted by Gasteiger charge is -2.14. The molecule has 18 heavy (non-hydrogen) atoms. The lowest BCUT2D eigenvalue weighted by Crippen LogP contribution is -2.30. The second kappa shape index (κ2) is 4.72. The van der Waals surface area contributed by atoms with Crippen LogP contribution in [0.25, 0.3) is 0 Å². The van der Waals surface area contributed by atoms with Crippen molar-refractivity contribution in [2.75, 3.05) is 13.1 Å². The van der Waals surface area contributed by atoms with Gasteiger partial charge in [-0.15, -0.1) is 0 Å². The normalized spacial score (nSPS) is 22.9. The van der Waals surface area contributed by atoms with Gasteiger partial charge in [-0.2, -0.15) is 5.26 Å². The summed E-state index contributed by atoms with van der Waals surface area (Å²) in [5.41, 5.74) is 1.13. The summed E-state index contributed by atoms with van der Waals surface area (Å²) in [6.07, 6.45) is -1.82. The minimum Gasteiger partial charge on any atom is -0.388 e. The van der Waals surface area contributed by atoms with Gasteiger partial charge in [-0.05, 0) is 19.1 Å². The molecule has 2 atom stereocenters. The van der Waals surface area contributed by atoms with Gasteiger partial charge in [0.1, 0.15) is 11.8 Å². The molecule has 1 fully saturated rings. The van der Waals surface area contributed by atoms with Gasteiger partial charge in [0.05, 0.1) is 23.5 Å². The number of aryl methyl sites for hydroxylation is 1. The number of carbonyl (C=O) groups is 1. The molecule has 0 radical (unpaired) electrons. The molecule has 2 unspecified atom stereocenters. The molecule has 1 aliphatic rings. The summed E-state index contributed by atoms with van der Waals surface area (Å²) in [7, 11) is 0. The van der Waals surface area contributed by atoms with Crippen LogP contribution in [0.1, 0.15) is 21.7 Å². The Bertz CT molecular complexity index is 514. The van der Waals surface area contributed by atoms with Crippen LogP contribution in [0.3, 0.4) is 0 Å². The number of amides is 1. The lowest BCUT2D eigenvalue weighted by atomic mass is 10.2. The summed E-state index contributed by atoms with van der Waals surface area (Å²) >= 11 is 0. The Labute approximate surface area is 104 Å². The Morgan fingerprint density at radius 2 is 2.06 bits per heavy atom. The molecule has 0 aromatic carbocycles. The average molecular weight is 247 g/mol. The quantitative estimate of drug-likeness (QED) is 0.693.